The molecule has 0 unspecified atom stereocenters. The molecule has 35 heavy (non-hydrogen) atoms. The normalized spacial score (nSPS) is 12.7. The SMILES string of the molecule is COC(=O)[C@H](Cc1ccc(OC)cc1)NC(=O)[C@H](COCc1ccccc1)NC(=O)OC(C)(C)C. The average Bonchev–Trinajstić information content (AvgIpc) is 2.82. The van der Waals surface area contributed by atoms with Gasteiger partial charge in [-0.25, -0.2) is 9.59 Å². The van der Waals surface area contributed by atoms with Crippen LogP contribution in [0.4, 0.5) is 4.79 Å². The van der Waals surface area contributed by atoms with E-state index in [-0.39, 0.29) is 19.6 Å². The summed E-state index contributed by atoms with van der Waals surface area (Å²) in [5.41, 5.74) is 0.952. The third-order valence-corrected chi connectivity index (χ3v) is 4.80. The van der Waals surface area contributed by atoms with Crippen LogP contribution in [0.25, 0.3) is 0 Å². The Labute approximate surface area is 206 Å². The summed E-state index contributed by atoms with van der Waals surface area (Å²) >= 11 is 0. The Kier molecular flexibility index (Phi) is 10.5. The highest BCUT2D eigenvalue weighted by molar-refractivity contribution is 5.90. The number of alkyl carbamates (subject to hydrolysis) is 1. The van der Waals surface area contributed by atoms with Crippen molar-refractivity contribution < 1.29 is 33.3 Å². The van der Waals surface area contributed by atoms with Gasteiger partial charge in [-0.2, -0.15) is 0 Å². The number of hydrogen-bond acceptors (Lipinski definition) is 7. The summed E-state index contributed by atoms with van der Waals surface area (Å²) in [4.78, 5) is 37.9. The molecule has 0 aliphatic heterocycles. The molecule has 190 valence electrons. The summed E-state index contributed by atoms with van der Waals surface area (Å²) in [6, 6.07) is 14.4. The number of esters is 1. The summed E-state index contributed by atoms with van der Waals surface area (Å²) in [6.07, 6.45) is -0.586. The molecule has 2 N–H and O–H groups in total. The Morgan fingerprint density at radius 3 is 2.09 bits per heavy atom. The quantitative estimate of drug-likeness (QED) is 0.470. The standard InChI is InChI=1S/C26H34N2O7/c1-26(2,3)35-25(31)28-22(17-34-16-19-9-7-6-8-10-19)23(29)27-21(24(30)33-5)15-18-11-13-20(32-4)14-12-18/h6-14,21-22H,15-17H2,1-5H3,(H,27,29)(H,28,31)/t21-,22-/m0/s1. The van der Waals surface area contributed by atoms with E-state index >= 15 is 0 Å². The van der Waals surface area contributed by atoms with E-state index in [0.29, 0.717) is 5.75 Å². The monoisotopic (exact) mass is 486 g/mol. The van der Waals surface area contributed by atoms with Crippen LogP contribution in [0.15, 0.2) is 54.6 Å². The molecule has 0 saturated heterocycles. The number of rotatable bonds is 11. The van der Waals surface area contributed by atoms with Crippen molar-refractivity contribution in [3.8, 4) is 5.75 Å². The molecule has 9 nitrogen and oxygen atoms in total. The Hall–Kier alpha value is -3.59. The second-order valence-corrected chi connectivity index (χ2v) is 8.84. The molecule has 9 heteroatoms. The van der Waals surface area contributed by atoms with Crippen molar-refractivity contribution in [1.29, 1.82) is 0 Å². The first-order valence-electron chi connectivity index (χ1n) is 11.2. The fraction of sp³-hybridized carbons (Fsp3) is 0.423. The molecule has 2 aromatic carbocycles. The fourth-order valence-electron chi connectivity index (χ4n) is 3.11. The van der Waals surface area contributed by atoms with E-state index in [4.69, 9.17) is 18.9 Å². The lowest BCUT2D eigenvalue weighted by molar-refractivity contribution is -0.145. The van der Waals surface area contributed by atoms with Crippen LogP contribution in [-0.4, -0.2) is 56.5 Å². The lowest BCUT2D eigenvalue weighted by Crippen LogP contribution is -2.54. The summed E-state index contributed by atoms with van der Waals surface area (Å²) < 4.78 is 21.0. The van der Waals surface area contributed by atoms with Gasteiger partial charge in [-0.1, -0.05) is 42.5 Å². The van der Waals surface area contributed by atoms with Crippen molar-refractivity contribution in [3.63, 3.8) is 0 Å². The van der Waals surface area contributed by atoms with Gasteiger partial charge in [0.05, 0.1) is 27.4 Å². The zero-order chi connectivity index (χ0) is 25.8. The largest absolute Gasteiger partial charge is 0.497 e. The number of hydrogen-bond donors (Lipinski definition) is 2. The Bertz CT molecular complexity index is 956. The minimum atomic E-state index is -1.10. The molecule has 0 radical (unpaired) electrons. The smallest absolute Gasteiger partial charge is 0.408 e. The molecule has 0 bridgehead atoms. The molecular weight excluding hydrogens is 452 g/mol. The average molecular weight is 487 g/mol. The van der Waals surface area contributed by atoms with Crippen LogP contribution in [0.3, 0.4) is 0 Å². The van der Waals surface area contributed by atoms with E-state index in [1.165, 1.54) is 7.11 Å². The number of methoxy groups -OCH3 is 2. The molecular formula is C26H34N2O7. The fourth-order valence-corrected chi connectivity index (χ4v) is 3.11. The van der Waals surface area contributed by atoms with E-state index in [9.17, 15) is 14.4 Å². The lowest BCUT2D eigenvalue weighted by Gasteiger charge is -2.25. The van der Waals surface area contributed by atoms with Crippen molar-refractivity contribution in [2.24, 2.45) is 0 Å². The molecule has 0 aromatic heterocycles. The number of carbonyl (C=O) groups is 3. The zero-order valence-corrected chi connectivity index (χ0v) is 20.8. The number of benzene rings is 2. The summed E-state index contributed by atoms with van der Waals surface area (Å²) in [5.74, 6) is -0.548. The van der Waals surface area contributed by atoms with Gasteiger partial charge in [0.25, 0.3) is 0 Å². The van der Waals surface area contributed by atoms with E-state index in [2.05, 4.69) is 10.6 Å². The molecule has 2 atom stereocenters. The van der Waals surface area contributed by atoms with Crippen molar-refractivity contribution in [3.05, 3.63) is 65.7 Å². The predicted octanol–water partition coefficient (Wildman–Crippen LogP) is 3.01. The molecule has 0 saturated carbocycles. The van der Waals surface area contributed by atoms with E-state index in [1.807, 2.05) is 30.3 Å². The highest BCUT2D eigenvalue weighted by Crippen LogP contribution is 2.13. The van der Waals surface area contributed by atoms with Gasteiger partial charge in [-0.05, 0) is 44.0 Å². The predicted molar refractivity (Wildman–Crippen MR) is 130 cm³/mol. The Morgan fingerprint density at radius 1 is 0.857 bits per heavy atom. The third-order valence-electron chi connectivity index (χ3n) is 4.80. The summed E-state index contributed by atoms with van der Waals surface area (Å²) in [7, 11) is 2.80. The number of amides is 2. The maximum absolute atomic E-state index is 13.1. The van der Waals surface area contributed by atoms with Gasteiger partial charge < -0.3 is 29.6 Å². The van der Waals surface area contributed by atoms with Crippen LogP contribution < -0.4 is 15.4 Å². The van der Waals surface area contributed by atoms with Crippen LogP contribution in [0.5, 0.6) is 5.75 Å². The maximum atomic E-state index is 13.1. The van der Waals surface area contributed by atoms with Crippen LogP contribution in [-0.2, 0) is 36.8 Å². The first-order valence-corrected chi connectivity index (χ1v) is 11.2. The first-order chi connectivity index (χ1) is 16.6. The van der Waals surface area contributed by atoms with Crippen LogP contribution in [0, 0.1) is 0 Å². The van der Waals surface area contributed by atoms with E-state index in [1.54, 1.807) is 52.1 Å². The van der Waals surface area contributed by atoms with Crippen LogP contribution in [0.2, 0.25) is 0 Å². The Morgan fingerprint density at radius 2 is 1.51 bits per heavy atom. The molecule has 0 aliphatic rings. The minimum Gasteiger partial charge on any atom is -0.497 e. The summed E-state index contributed by atoms with van der Waals surface area (Å²) in [6.45, 7) is 5.27. The zero-order valence-electron chi connectivity index (χ0n) is 20.8. The van der Waals surface area contributed by atoms with Gasteiger partial charge in [-0.15, -0.1) is 0 Å². The number of nitrogens with one attached hydrogen (secondary N) is 2. The first kappa shape index (κ1) is 27.7. The van der Waals surface area contributed by atoms with Crippen LogP contribution in [0.1, 0.15) is 31.9 Å². The van der Waals surface area contributed by atoms with Crippen molar-refractivity contribution in [2.75, 3.05) is 20.8 Å². The highest BCUT2D eigenvalue weighted by Gasteiger charge is 2.29. The van der Waals surface area contributed by atoms with Gasteiger partial charge in [0.15, 0.2) is 0 Å². The van der Waals surface area contributed by atoms with Gasteiger partial charge in [0.2, 0.25) is 5.91 Å². The molecule has 0 fully saturated rings. The molecule has 2 aromatic rings. The molecule has 0 aliphatic carbocycles. The lowest BCUT2D eigenvalue weighted by atomic mass is 10.1. The van der Waals surface area contributed by atoms with Gasteiger partial charge in [0, 0.05) is 6.42 Å². The second kappa shape index (κ2) is 13.3. The number of ether oxygens (including phenoxy) is 4. The van der Waals surface area contributed by atoms with Gasteiger partial charge >= 0.3 is 12.1 Å². The van der Waals surface area contributed by atoms with Crippen molar-refractivity contribution in [1.82, 2.24) is 10.6 Å². The van der Waals surface area contributed by atoms with E-state index in [0.717, 1.165) is 11.1 Å². The maximum Gasteiger partial charge on any atom is 0.408 e. The van der Waals surface area contributed by atoms with Gasteiger partial charge in [0.1, 0.15) is 23.4 Å². The summed E-state index contributed by atoms with van der Waals surface area (Å²) in [5, 5.41) is 5.20. The third kappa shape index (κ3) is 10.1. The van der Waals surface area contributed by atoms with Crippen molar-refractivity contribution >= 4 is 18.0 Å². The minimum absolute atomic E-state index is 0.129. The highest BCUT2D eigenvalue weighted by atomic mass is 16.6. The number of carbonyl (C=O) groups excluding carboxylic acids is 3. The molecule has 2 amide bonds. The second-order valence-electron chi connectivity index (χ2n) is 8.84. The molecule has 2 rings (SSSR count). The van der Waals surface area contributed by atoms with E-state index < -0.39 is 35.7 Å². The molecule has 0 heterocycles. The molecule has 0 spiro atoms. The Balaban J connectivity index is 2.11. The van der Waals surface area contributed by atoms with Crippen LogP contribution >= 0.6 is 0 Å². The topological polar surface area (TPSA) is 112 Å². The van der Waals surface area contributed by atoms with Crippen molar-refractivity contribution in [2.45, 2.75) is 51.5 Å². The van der Waals surface area contributed by atoms with Gasteiger partial charge in [-0.3, -0.25) is 4.79 Å².